The Labute approximate surface area is 148 Å². The summed E-state index contributed by atoms with van der Waals surface area (Å²) in [5.74, 6) is -2.27. The van der Waals surface area contributed by atoms with Gasteiger partial charge >= 0.3 is 5.97 Å². The third-order valence-electron chi connectivity index (χ3n) is 4.05. The van der Waals surface area contributed by atoms with E-state index >= 15 is 0 Å². The average molecular weight is 362 g/mol. The highest BCUT2D eigenvalue weighted by molar-refractivity contribution is 5.92. The van der Waals surface area contributed by atoms with Crippen LogP contribution in [-0.4, -0.2) is 30.7 Å². The highest BCUT2D eigenvalue weighted by Crippen LogP contribution is 2.39. The Hall–Kier alpha value is -2.87. The quantitative estimate of drug-likeness (QED) is 0.765. The van der Waals surface area contributed by atoms with Gasteiger partial charge in [-0.05, 0) is 30.7 Å². The third-order valence-corrected chi connectivity index (χ3v) is 4.05. The fraction of sp³-hybridized carbons (Fsp3) is 0.278. The van der Waals surface area contributed by atoms with E-state index in [1.54, 1.807) is 6.92 Å². The van der Waals surface area contributed by atoms with Crippen LogP contribution in [0.5, 0.6) is 0 Å². The van der Waals surface area contributed by atoms with Crippen LogP contribution < -0.4 is 0 Å². The minimum Gasteiger partial charge on any atom is -0.468 e. The number of ether oxygens (including phenoxy) is 2. The fourth-order valence-corrected chi connectivity index (χ4v) is 2.88. The number of hydrogen-bond acceptors (Lipinski definition) is 6. The lowest BCUT2D eigenvalue weighted by Crippen LogP contribution is -2.48. The second kappa shape index (κ2) is 7.17. The van der Waals surface area contributed by atoms with Crippen LogP contribution in [0.3, 0.4) is 0 Å². The van der Waals surface area contributed by atoms with Gasteiger partial charge in [0.15, 0.2) is 11.6 Å². The summed E-state index contributed by atoms with van der Waals surface area (Å²) in [5, 5.41) is 3.56. The molecule has 2 heterocycles. The van der Waals surface area contributed by atoms with Gasteiger partial charge in [-0.2, -0.15) is 0 Å². The second-order valence-electron chi connectivity index (χ2n) is 5.85. The van der Waals surface area contributed by atoms with Gasteiger partial charge in [0.2, 0.25) is 0 Å². The molecule has 26 heavy (non-hydrogen) atoms. The Morgan fingerprint density at radius 1 is 1.38 bits per heavy atom. The molecular formula is C18H16F2N2O4. The van der Waals surface area contributed by atoms with Gasteiger partial charge in [-0.15, -0.1) is 0 Å². The number of aromatic nitrogens is 1. The van der Waals surface area contributed by atoms with Crippen molar-refractivity contribution in [1.82, 2.24) is 5.16 Å². The summed E-state index contributed by atoms with van der Waals surface area (Å²) >= 11 is 0. The molecule has 1 aromatic heterocycles. The largest absolute Gasteiger partial charge is 0.468 e. The van der Waals surface area contributed by atoms with Crippen LogP contribution in [0, 0.1) is 11.6 Å². The average Bonchev–Trinajstić information content (AvgIpc) is 3.15. The van der Waals surface area contributed by atoms with Gasteiger partial charge in [-0.3, -0.25) is 9.79 Å². The Bertz CT molecular complexity index is 864. The van der Waals surface area contributed by atoms with Crippen molar-refractivity contribution < 1.29 is 27.6 Å². The Balaban J connectivity index is 2.10. The van der Waals surface area contributed by atoms with Crippen LogP contribution in [-0.2, 0) is 26.3 Å². The predicted octanol–water partition coefficient (Wildman–Crippen LogP) is 2.94. The molecule has 1 aliphatic heterocycles. The van der Waals surface area contributed by atoms with Crippen molar-refractivity contribution in [3.05, 3.63) is 65.1 Å². The van der Waals surface area contributed by atoms with E-state index in [9.17, 15) is 13.6 Å². The standard InChI is InChI=1S/C18H16F2N2O4/c1-11-6-18(17(23)24-2,14-5-13(19)3-4-15(14)20)16(21-7-11)25-9-12-8-22-26-10-12/h3-8,10,16H,9H2,1-2H3. The third kappa shape index (κ3) is 3.15. The number of halogens is 2. The summed E-state index contributed by atoms with van der Waals surface area (Å²) in [6, 6.07) is 2.88. The molecule has 6 nitrogen and oxygen atoms in total. The number of dihydropyridines is 1. The maximum absolute atomic E-state index is 14.6. The summed E-state index contributed by atoms with van der Waals surface area (Å²) in [4.78, 5) is 17.0. The number of benzene rings is 1. The zero-order chi connectivity index (χ0) is 18.7. The summed E-state index contributed by atoms with van der Waals surface area (Å²) in [7, 11) is 1.17. The van der Waals surface area contributed by atoms with Crippen LogP contribution in [0.1, 0.15) is 18.1 Å². The minimum atomic E-state index is -1.77. The monoisotopic (exact) mass is 362 g/mol. The van der Waals surface area contributed by atoms with E-state index in [1.165, 1.54) is 31.9 Å². The smallest absolute Gasteiger partial charge is 0.325 e. The first kappa shape index (κ1) is 17.9. The molecule has 0 spiro atoms. The number of esters is 1. The zero-order valence-electron chi connectivity index (χ0n) is 14.1. The number of carbonyl (C=O) groups is 1. The molecule has 3 rings (SSSR count). The van der Waals surface area contributed by atoms with Crippen LogP contribution in [0.15, 0.2) is 51.8 Å². The molecule has 0 saturated heterocycles. The van der Waals surface area contributed by atoms with Gasteiger partial charge in [-0.25, -0.2) is 8.78 Å². The zero-order valence-corrected chi connectivity index (χ0v) is 14.1. The Morgan fingerprint density at radius 3 is 2.88 bits per heavy atom. The van der Waals surface area contributed by atoms with Crippen molar-refractivity contribution in [2.75, 3.05) is 7.11 Å². The van der Waals surface area contributed by atoms with E-state index in [1.807, 2.05) is 0 Å². The molecule has 0 bridgehead atoms. The molecule has 2 atom stereocenters. The number of aliphatic imine (C=N–C) groups is 1. The van der Waals surface area contributed by atoms with Gasteiger partial charge in [0.1, 0.15) is 17.9 Å². The summed E-state index contributed by atoms with van der Waals surface area (Å²) in [6.45, 7) is 1.70. The lowest BCUT2D eigenvalue weighted by Gasteiger charge is -2.36. The molecule has 2 unspecified atom stereocenters. The molecule has 2 aromatic rings. The van der Waals surface area contributed by atoms with Crippen LogP contribution in [0.2, 0.25) is 0 Å². The molecule has 0 N–H and O–H groups in total. The normalized spacial score (nSPS) is 22.2. The molecule has 8 heteroatoms. The number of carbonyl (C=O) groups excluding carboxylic acids is 1. The van der Waals surface area contributed by atoms with Gasteiger partial charge in [0.05, 0.1) is 19.9 Å². The van der Waals surface area contributed by atoms with E-state index in [0.29, 0.717) is 11.1 Å². The summed E-state index contributed by atoms with van der Waals surface area (Å²) in [5.41, 5.74) is -0.790. The molecule has 0 saturated carbocycles. The SMILES string of the molecule is COC(=O)C1(c2cc(F)ccc2F)C=C(C)C=NC1OCc1cnoc1. The molecular weight excluding hydrogens is 346 g/mol. The van der Waals surface area contributed by atoms with Crippen LogP contribution in [0.4, 0.5) is 8.78 Å². The molecule has 1 aliphatic rings. The predicted molar refractivity (Wildman–Crippen MR) is 87.4 cm³/mol. The summed E-state index contributed by atoms with van der Waals surface area (Å²) in [6.07, 6.45) is 4.62. The van der Waals surface area contributed by atoms with Gasteiger partial charge < -0.3 is 14.0 Å². The first-order valence-electron chi connectivity index (χ1n) is 7.74. The molecule has 0 fully saturated rings. The van der Waals surface area contributed by atoms with Gasteiger partial charge in [-0.1, -0.05) is 11.2 Å². The van der Waals surface area contributed by atoms with Crippen molar-refractivity contribution in [2.45, 2.75) is 25.2 Å². The van der Waals surface area contributed by atoms with E-state index < -0.39 is 29.2 Å². The summed E-state index contributed by atoms with van der Waals surface area (Å²) < 4.78 is 43.8. The molecule has 0 aliphatic carbocycles. The van der Waals surface area contributed by atoms with Crippen molar-refractivity contribution in [2.24, 2.45) is 4.99 Å². The first-order chi connectivity index (χ1) is 12.5. The molecule has 1 aromatic carbocycles. The van der Waals surface area contributed by atoms with Gasteiger partial charge in [0.25, 0.3) is 0 Å². The molecule has 0 radical (unpaired) electrons. The maximum atomic E-state index is 14.6. The van der Waals surface area contributed by atoms with Crippen molar-refractivity contribution in [3.63, 3.8) is 0 Å². The Morgan fingerprint density at radius 2 is 2.19 bits per heavy atom. The first-order valence-corrected chi connectivity index (χ1v) is 7.74. The molecule has 136 valence electrons. The number of allylic oxidation sites excluding steroid dienone is 1. The number of methoxy groups -OCH3 is 1. The minimum absolute atomic E-state index is 0.00801. The van der Waals surface area contributed by atoms with Crippen LogP contribution in [0.25, 0.3) is 0 Å². The second-order valence-corrected chi connectivity index (χ2v) is 5.85. The van der Waals surface area contributed by atoms with E-state index in [-0.39, 0.29) is 12.2 Å². The van der Waals surface area contributed by atoms with Crippen LogP contribution >= 0.6 is 0 Å². The number of rotatable bonds is 5. The highest BCUT2D eigenvalue weighted by Gasteiger charge is 2.51. The van der Waals surface area contributed by atoms with E-state index in [0.717, 1.165) is 18.2 Å². The topological polar surface area (TPSA) is 73.9 Å². The Kier molecular flexibility index (Phi) is 4.94. The van der Waals surface area contributed by atoms with Crippen molar-refractivity contribution >= 4 is 12.2 Å². The lowest BCUT2D eigenvalue weighted by atomic mass is 9.75. The van der Waals surface area contributed by atoms with E-state index in [2.05, 4.69) is 10.1 Å². The van der Waals surface area contributed by atoms with Crippen molar-refractivity contribution in [3.8, 4) is 0 Å². The number of hydrogen-bond donors (Lipinski definition) is 0. The van der Waals surface area contributed by atoms with Gasteiger partial charge in [0, 0.05) is 17.3 Å². The maximum Gasteiger partial charge on any atom is 0.325 e. The fourth-order valence-electron chi connectivity index (χ4n) is 2.88. The number of nitrogens with zero attached hydrogens (tertiary/aromatic N) is 2. The van der Waals surface area contributed by atoms with E-state index in [4.69, 9.17) is 14.0 Å². The highest BCUT2D eigenvalue weighted by atomic mass is 19.1. The molecule has 0 amide bonds. The van der Waals surface area contributed by atoms with Crippen molar-refractivity contribution in [1.29, 1.82) is 0 Å². The lowest BCUT2D eigenvalue weighted by molar-refractivity contribution is -0.152.